The molecule has 2 aliphatic rings. The SMILES string of the molecule is CN[C@@H](C)C(=O)N[C@H](C(=O)N1CCC[C@H]1c1nc(-c2cc(C(=O)N(C)C)nc3ccccc23)cs1)C1CCOCC1. The lowest BCUT2D eigenvalue weighted by atomic mass is 9.90. The van der Waals surface area contributed by atoms with Crippen LogP contribution in [0.3, 0.4) is 0 Å². The molecule has 0 unspecified atom stereocenters. The molecule has 10 nitrogen and oxygen atoms in total. The van der Waals surface area contributed by atoms with E-state index in [0.29, 0.717) is 25.5 Å². The number of nitrogens with zero attached hydrogens (tertiary/aromatic N) is 4. The molecule has 2 aliphatic heterocycles. The topological polar surface area (TPSA) is 117 Å². The van der Waals surface area contributed by atoms with Crippen molar-refractivity contribution >= 4 is 40.0 Å². The van der Waals surface area contributed by atoms with E-state index >= 15 is 0 Å². The predicted molar refractivity (Wildman–Crippen MR) is 159 cm³/mol. The lowest BCUT2D eigenvalue weighted by Gasteiger charge is -2.35. The Morgan fingerprint density at radius 1 is 1.12 bits per heavy atom. The third-order valence-electron chi connectivity index (χ3n) is 8.09. The normalized spacial score (nSPS) is 19.2. The second kappa shape index (κ2) is 12.6. The van der Waals surface area contributed by atoms with E-state index in [9.17, 15) is 14.4 Å². The molecule has 0 radical (unpaired) electrons. The van der Waals surface area contributed by atoms with Crippen molar-refractivity contribution < 1.29 is 19.1 Å². The van der Waals surface area contributed by atoms with Crippen molar-refractivity contribution in [3.05, 3.63) is 46.4 Å². The highest BCUT2D eigenvalue weighted by Crippen LogP contribution is 2.38. The number of ether oxygens (including phenoxy) is 1. The van der Waals surface area contributed by atoms with E-state index in [0.717, 1.165) is 52.9 Å². The van der Waals surface area contributed by atoms with E-state index < -0.39 is 12.1 Å². The van der Waals surface area contributed by atoms with Gasteiger partial charge in [-0.05, 0) is 57.7 Å². The molecule has 2 saturated heterocycles. The maximum Gasteiger partial charge on any atom is 0.271 e. The summed E-state index contributed by atoms with van der Waals surface area (Å²) in [7, 11) is 5.15. The zero-order valence-corrected chi connectivity index (χ0v) is 24.9. The van der Waals surface area contributed by atoms with E-state index in [1.165, 1.54) is 16.2 Å². The van der Waals surface area contributed by atoms with Crippen LogP contribution < -0.4 is 10.6 Å². The summed E-state index contributed by atoms with van der Waals surface area (Å²) >= 11 is 1.52. The zero-order chi connectivity index (χ0) is 29.1. The van der Waals surface area contributed by atoms with E-state index in [2.05, 4.69) is 15.6 Å². The maximum atomic E-state index is 14.1. The summed E-state index contributed by atoms with van der Waals surface area (Å²) in [6, 6.07) is 8.37. The van der Waals surface area contributed by atoms with Crippen molar-refractivity contribution in [3.63, 3.8) is 0 Å². The molecule has 3 amide bonds. The van der Waals surface area contributed by atoms with Crippen molar-refractivity contribution in [2.24, 2.45) is 5.92 Å². The van der Waals surface area contributed by atoms with Gasteiger partial charge >= 0.3 is 0 Å². The summed E-state index contributed by atoms with van der Waals surface area (Å²) in [6.45, 7) is 3.58. The molecule has 4 heterocycles. The van der Waals surface area contributed by atoms with Crippen molar-refractivity contribution in [2.45, 2.75) is 50.7 Å². The van der Waals surface area contributed by atoms with Crippen LogP contribution in [0, 0.1) is 5.92 Å². The Kier molecular flexibility index (Phi) is 8.96. The fourth-order valence-electron chi connectivity index (χ4n) is 5.60. The van der Waals surface area contributed by atoms with Crippen LogP contribution in [0.25, 0.3) is 22.2 Å². The number of hydrogen-bond donors (Lipinski definition) is 2. The van der Waals surface area contributed by atoms with E-state index in [-0.39, 0.29) is 29.7 Å². The van der Waals surface area contributed by atoms with Crippen LogP contribution in [-0.4, -0.2) is 90.5 Å². The monoisotopic (exact) mass is 578 g/mol. The van der Waals surface area contributed by atoms with Gasteiger partial charge in [0.05, 0.1) is 23.3 Å². The lowest BCUT2D eigenvalue weighted by Crippen LogP contribution is -2.56. The number of nitrogens with one attached hydrogen (secondary N) is 2. The number of pyridine rings is 1. The molecule has 2 aromatic heterocycles. The molecule has 0 saturated carbocycles. The molecule has 11 heteroatoms. The van der Waals surface area contributed by atoms with E-state index in [1.807, 2.05) is 34.5 Å². The van der Waals surface area contributed by atoms with Gasteiger partial charge in [0.2, 0.25) is 11.8 Å². The molecule has 1 aromatic carbocycles. The number of para-hydroxylation sites is 1. The number of likely N-dealkylation sites (N-methyl/N-ethyl adjacent to an activating group) is 1. The molecular weight excluding hydrogens is 540 g/mol. The third kappa shape index (κ3) is 6.12. The number of rotatable bonds is 8. The number of aromatic nitrogens is 2. The fraction of sp³-hybridized carbons (Fsp3) is 0.500. The maximum absolute atomic E-state index is 14.1. The number of amides is 3. The van der Waals surface area contributed by atoms with E-state index in [1.54, 1.807) is 34.1 Å². The first kappa shape index (κ1) is 29.1. The van der Waals surface area contributed by atoms with Crippen LogP contribution in [-0.2, 0) is 14.3 Å². The van der Waals surface area contributed by atoms with Crippen molar-refractivity contribution in [1.82, 2.24) is 30.4 Å². The third-order valence-corrected chi connectivity index (χ3v) is 9.03. The van der Waals surface area contributed by atoms with Crippen molar-refractivity contribution in [3.8, 4) is 11.3 Å². The summed E-state index contributed by atoms with van der Waals surface area (Å²) in [5, 5.41) is 9.79. The molecule has 2 N–H and O–H groups in total. The van der Waals surface area contributed by atoms with Crippen LogP contribution in [0.5, 0.6) is 0 Å². The minimum Gasteiger partial charge on any atom is -0.381 e. The molecule has 0 spiro atoms. The van der Waals surface area contributed by atoms with Crippen LogP contribution in [0.15, 0.2) is 35.7 Å². The number of fused-ring (bicyclic) bond motifs is 1. The number of carbonyl (C=O) groups is 3. The van der Waals surface area contributed by atoms with Gasteiger partial charge in [0, 0.05) is 50.2 Å². The second-order valence-corrected chi connectivity index (χ2v) is 11.9. The fourth-order valence-corrected chi connectivity index (χ4v) is 6.56. The summed E-state index contributed by atoms with van der Waals surface area (Å²) < 4.78 is 5.54. The first-order valence-corrected chi connectivity index (χ1v) is 15.1. The molecule has 0 aliphatic carbocycles. The van der Waals surface area contributed by atoms with Gasteiger partial charge in [-0.15, -0.1) is 11.3 Å². The Morgan fingerprint density at radius 3 is 2.61 bits per heavy atom. The van der Waals surface area contributed by atoms with Crippen molar-refractivity contribution in [2.75, 3.05) is 40.9 Å². The number of carbonyl (C=O) groups excluding carboxylic acids is 3. The van der Waals surface area contributed by atoms with Gasteiger partial charge in [-0.1, -0.05) is 18.2 Å². The molecule has 5 rings (SSSR count). The Bertz CT molecular complexity index is 1420. The highest BCUT2D eigenvalue weighted by atomic mass is 32.1. The highest BCUT2D eigenvalue weighted by Gasteiger charge is 2.40. The Labute approximate surface area is 244 Å². The van der Waals surface area contributed by atoms with Crippen LogP contribution >= 0.6 is 11.3 Å². The van der Waals surface area contributed by atoms with Crippen LogP contribution in [0.2, 0.25) is 0 Å². The van der Waals surface area contributed by atoms with Gasteiger partial charge in [-0.2, -0.15) is 0 Å². The summed E-state index contributed by atoms with van der Waals surface area (Å²) in [5.74, 6) is -0.389. The number of hydrogen-bond acceptors (Lipinski definition) is 8. The molecule has 0 bridgehead atoms. The Hall–Kier alpha value is -3.41. The highest BCUT2D eigenvalue weighted by molar-refractivity contribution is 7.10. The molecule has 41 heavy (non-hydrogen) atoms. The quantitative estimate of drug-likeness (QED) is 0.422. The van der Waals surface area contributed by atoms with E-state index in [4.69, 9.17) is 9.72 Å². The number of thiazole rings is 1. The summed E-state index contributed by atoms with van der Waals surface area (Å²) in [5.41, 5.74) is 2.69. The number of benzene rings is 1. The molecular formula is C30H38N6O4S. The largest absolute Gasteiger partial charge is 0.381 e. The number of likely N-dealkylation sites (tertiary alicyclic amines) is 1. The minimum absolute atomic E-state index is 0.0215. The van der Waals surface area contributed by atoms with Gasteiger partial charge < -0.3 is 25.2 Å². The molecule has 2 fully saturated rings. The standard InChI is InChI=1S/C30H38N6O4S/c1-18(31-2)27(37)34-26(19-11-14-40-15-12-19)30(39)36-13-7-10-25(36)28-33-24(17-41-28)21-16-23(29(38)35(3)4)32-22-9-6-5-8-20(21)22/h5-6,8-9,16-19,25-26,31H,7,10-15H2,1-4H3,(H,34,37)/t18-,25-,26-/m0/s1. The summed E-state index contributed by atoms with van der Waals surface area (Å²) in [4.78, 5) is 52.8. The predicted octanol–water partition coefficient (Wildman–Crippen LogP) is 3.24. The van der Waals surface area contributed by atoms with Gasteiger partial charge in [0.1, 0.15) is 16.7 Å². The van der Waals surface area contributed by atoms with Crippen LogP contribution in [0.1, 0.15) is 54.1 Å². The van der Waals surface area contributed by atoms with Gasteiger partial charge in [-0.25, -0.2) is 9.97 Å². The Morgan fingerprint density at radius 2 is 1.88 bits per heavy atom. The van der Waals surface area contributed by atoms with Crippen molar-refractivity contribution in [1.29, 1.82) is 0 Å². The van der Waals surface area contributed by atoms with Gasteiger partial charge in [0.25, 0.3) is 5.91 Å². The summed E-state index contributed by atoms with van der Waals surface area (Å²) in [6.07, 6.45) is 3.13. The lowest BCUT2D eigenvalue weighted by molar-refractivity contribution is -0.140. The van der Waals surface area contributed by atoms with Gasteiger partial charge in [0.15, 0.2) is 0 Å². The first-order chi connectivity index (χ1) is 19.8. The molecule has 218 valence electrons. The second-order valence-electron chi connectivity index (χ2n) is 11.0. The zero-order valence-electron chi connectivity index (χ0n) is 24.1. The average molecular weight is 579 g/mol. The average Bonchev–Trinajstić information content (AvgIpc) is 3.68. The molecule has 3 atom stereocenters. The Balaban J connectivity index is 1.44. The first-order valence-electron chi connectivity index (χ1n) is 14.2. The minimum atomic E-state index is -0.606. The van der Waals surface area contributed by atoms with Gasteiger partial charge in [-0.3, -0.25) is 14.4 Å². The smallest absolute Gasteiger partial charge is 0.271 e. The molecule has 3 aromatic rings. The van der Waals surface area contributed by atoms with Crippen LogP contribution in [0.4, 0.5) is 0 Å².